The standard InChI is InChI=1S/C11H15N3O4/c1-14(2)13-11(17)12-7-4-5-8(10(15)16)9(6-7)18-3/h4-6H,1-3H3,(H,15,16)(H2,12,13,17). The van der Waals surface area contributed by atoms with Crippen molar-refractivity contribution in [3.05, 3.63) is 23.8 Å². The van der Waals surface area contributed by atoms with Gasteiger partial charge in [-0.3, -0.25) is 5.43 Å². The third kappa shape index (κ3) is 3.63. The largest absolute Gasteiger partial charge is 0.496 e. The van der Waals surface area contributed by atoms with Crippen LogP contribution >= 0.6 is 0 Å². The second-order valence-electron chi connectivity index (χ2n) is 3.68. The lowest BCUT2D eigenvalue weighted by atomic mass is 10.2. The molecular weight excluding hydrogens is 238 g/mol. The Bertz CT molecular complexity index is 460. The number of nitrogens with zero attached hydrogens (tertiary/aromatic N) is 1. The molecule has 0 heterocycles. The first-order valence-electron chi connectivity index (χ1n) is 5.10. The number of methoxy groups -OCH3 is 1. The number of nitrogens with one attached hydrogen (secondary N) is 2. The Balaban J connectivity index is 2.86. The van der Waals surface area contributed by atoms with Gasteiger partial charge < -0.3 is 15.2 Å². The molecule has 0 radical (unpaired) electrons. The van der Waals surface area contributed by atoms with Crippen molar-refractivity contribution in [3.63, 3.8) is 0 Å². The first-order chi connectivity index (χ1) is 8.43. The molecule has 18 heavy (non-hydrogen) atoms. The summed E-state index contributed by atoms with van der Waals surface area (Å²) in [4.78, 5) is 22.3. The average molecular weight is 253 g/mol. The summed E-state index contributed by atoms with van der Waals surface area (Å²) in [7, 11) is 4.72. The zero-order valence-electron chi connectivity index (χ0n) is 10.4. The quantitative estimate of drug-likeness (QED) is 0.696. The van der Waals surface area contributed by atoms with E-state index >= 15 is 0 Å². The van der Waals surface area contributed by atoms with Gasteiger partial charge in [0, 0.05) is 25.8 Å². The summed E-state index contributed by atoms with van der Waals surface area (Å²) in [6, 6.07) is 3.87. The summed E-state index contributed by atoms with van der Waals surface area (Å²) < 4.78 is 4.95. The van der Waals surface area contributed by atoms with Crippen LogP contribution in [0.2, 0.25) is 0 Å². The number of carbonyl (C=O) groups is 2. The van der Waals surface area contributed by atoms with Gasteiger partial charge in [0.15, 0.2) is 0 Å². The number of carboxylic acid groups (broad SMARTS) is 1. The van der Waals surface area contributed by atoms with Crippen molar-refractivity contribution in [1.82, 2.24) is 10.4 Å². The first kappa shape index (κ1) is 13.8. The van der Waals surface area contributed by atoms with Crippen LogP contribution in [-0.4, -0.2) is 43.3 Å². The fourth-order valence-corrected chi connectivity index (χ4v) is 1.31. The highest BCUT2D eigenvalue weighted by molar-refractivity contribution is 5.93. The number of hydrazine groups is 1. The Morgan fingerprint density at radius 3 is 2.50 bits per heavy atom. The fourth-order valence-electron chi connectivity index (χ4n) is 1.31. The van der Waals surface area contributed by atoms with Crippen molar-refractivity contribution in [1.29, 1.82) is 0 Å². The Morgan fingerprint density at radius 1 is 1.33 bits per heavy atom. The number of aromatic carboxylic acids is 1. The van der Waals surface area contributed by atoms with Crippen LogP contribution in [0.5, 0.6) is 5.75 Å². The van der Waals surface area contributed by atoms with Crippen LogP contribution in [-0.2, 0) is 0 Å². The van der Waals surface area contributed by atoms with Gasteiger partial charge in [-0.25, -0.2) is 14.6 Å². The molecule has 7 heteroatoms. The molecule has 0 saturated heterocycles. The minimum atomic E-state index is -1.09. The van der Waals surface area contributed by atoms with Crippen molar-refractivity contribution in [3.8, 4) is 5.75 Å². The summed E-state index contributed by atoms with van der Waals surface area (Å²) >= 11 is 0. The molecule has 3 N–H and O–H groups in total. The van der Waals surface area contributed by atoms with Gasteiger partial charge in [-0.1, -0.05) is 0 Å². The van der Waals surface area contributed by atoms with Gasteiger partial charge >= 0.3 is 12.0 Å². The van der Waals surface area contributed by atoms with Gasteiger partial charge in [0.1, 0.15) is 11.3 Å². The van der Waals surface area contributed by atoms with Crippen molar-refractivity contribution in [2.24, 2.45) is 0 Å². The molecule has 7 nitrogen and oxygen atoms in total. The Labute approximate surface area is 104 Å². The first-order valence-corrected chi connectivity index (χ1v) is 5.10. The van der Waals surface area contributed by atoms with E-state index in [0.717, 1.165) is 0 Å². The van der Waals surface area contributed by atoms with Gasteiger partial charge in [0.2, 0.25) is 0 Å². The Hall–Kier alpha value is -2.28. The van der Waals surface area contributed by atoms with E-state index < -0.39 is 12.0 Å². The average Bonchev–Trinajstić information content (AvgIpc) is 2.27. The van der Waals surface area contributed by atoms with Gasteiger partial charge in [-0.05, 0) is 12.1 Å². The number of amides is 2. The van der Waals surface area contributed by atoms with Crippen LogP contribution in [0.3, 0.4) is 0 Å². The number of anilines is 1. The molecule has 0 aromatic heterocycles. The van der Waals surface area contributed by atoms with Gasteiger partial charge in [0.25, 0.3) is 0 Å². The summed E-state index contributed by atoms with van der Waals surface area (Å²) in [6.45, 7) is 0. The molecule has 0 aliphatic rings. The number of carbonyl (C=O) groups excluding carboxylic acids is 1. The second kappa shape index (κ2) is 5.87. The number of ether oxygens (including phenoxy) is 1. The van der Waals surface area contributed by atoms with E-state index in [9.17, 15) is 9.59 Å². The summed E-state index contributed by atoms with van der Waals surface area (Å²) in [6.07, 6.45) is 0. The fraction of sp³-hybridized carbons (Fsp3) is 0.273. The highest BCUT2D eigenvalue weighted by Crippen LogP contribution is 2.23. The van der Waals surface area contributed by atoms with Crippen molar-refractivity contribution in [2.75, 3.05) is 26.5 Å². The third-order valence-electron chi connectivity index (χ3n) is 2.01. The molecular formula is C11H15N3O4. The molecule has 0 bridgehead atoms. The molecule has 98 valence electrons. The number of urea groups is 1. The normalized spacial score (nSPS) is 10.0. The second-order valence-corrected chi connectivity index (χ2v) is 3.68. The molecule has 1 rings (SSSR count). The molecule has 0 fully saturated rings. The van der Waals surface area contributed by atoms with Gasteiger partial charge in [0.05, 0.1) is 7.11 Å². The highest BCUT2D eigenvalue weighted by atomic mass is 16.5. The van der Waals surface area contributed by atoms with Crippen molar-refractivity contribution in [2.45, 2.75) is 0 Å². The molecule has 1 aromatic rings. The van der Waals surface area contributed by atoms with Crippen molar-refractivity contribution < 1.29 is 19.4 Å². The van der Waals surface area contributed by atoms with Crippen LogP contribution in [0.1, 0.15) is 10.4 Å². The maximum absolute atomic E-state index is 11.4. The number of hydrogen-bond acceptors (Lipinski definition) is 4. The molecule has 0 atom stereocenters. The Morgan fingerprint density at radius 2 is 2.00 bits per heavy atom. The molecule has 1 aromatic carbocycles. The van der Waals surface area contributed by atoms with E-state index in [-0.39, 0.29) is 11.3 Å². The van der Waals surface area contributed by atoms with Crippen LogP contribution in [0.4, 0.5) is 10.5 Å². The van der Waals surface area contributed by atoms with Crippen molar-refractivity contribution >= 4 is 17.7 Å². The van der Waals surface area contributed by atoms with Crippen LogP contribution in [0.25, 0.3) is 0 Å². The lowest BCUT2D eigenvalue weighted by Crippen LogP contribution is -2.39. The van der Waals surface area contributed by atoms with E-state index in [4.69, 9.17) is 9.84 Å². The minimum absolute atomic E-state index is 0.0380. The number of benzene rings is 1. The monoisotopic (exact) mass is 253 g/mol. The third-order valence-corrected chi connectivity index (χ3v) is 2.01. The lowest BCUT2D eigenvalue weighted by Gasteiger charge is -2.13. The molecule has 0 spiro atoms. The smallest absolute Gasteiger partial charge is 0.339 e. The summed E-state index contributed by atoms with van der Waals surface area (Å²) in [5.74, 6) is -0.902. The molecule has 0 aliphatic carbocycles. The number of rotatable bonds is 4. The highest BCUT2D eigenvalue weighted by Gasteiger charge is 2.12. The van der Waals surface area contributed by atoms with Gasteiger partial charge in [-0.15, -0.1) is 0 Å². The summed E-state index contributed by atoms with van der Waals surface area (Å²) in [5, 5.41) is 12.9. The topological polar surface area (TPSA) is 90.9 Å². The number of hydrogen-bond donors (Lipinski definition) is 3. The zero-order valence-corrected chi connectivity index (χ0v) is 10.4. The number of carboxylic acids is 1. The van der Waals surface area contributed by atoms with E-state index in [0.29, 0.717) is 5.69 Å². The van der Waals surface area contributed by atoms with E-state index in [2.05, 4.69) is 10.7 Å². The van der Waals surface area contributed by atoms with Crippen LogP contribution < -0.4 is 15.5 Å². The maximum Gasteiger partial charge on any atom is 0.339 e. The van der Waals surface area contributed by atoms with E-state index in [1.165, 1.54) is 30.3 Å². The van der Waals surface area contributed by atoms with Crippen LogP contribution in [0, 0.1) is 0 Å². The van der Waals surface area contributed by atoms with E-state index in [1.54, 1.807) is 14.1 Å². The van der Waals surface area contributed by atoms with E-state index in [1.807, 2.05) is 0 Å². The molecule has 0 aliphatic heterocycles. The maximum atomic E-state index is 11.4. The minimum Gasteiger partial charge on any atom is -0.496 e. The molecule has 0 saturated carbocycles. The zero-order chi connectivity index (χ0) is 13.7. The van der Waals surface area contributed by atoms with Crippen LogP contribution in [0.15, 0.2) is 18.2 Å². The Kier molecular flexibility index (Phi) is 4.50. The SMILES string of the molecule is COc1cc(NC(=O)NN(C)C)ccc1C(=O)O. The van der Waals surface area contributed by atoms with Gasteiger partial charge in [-0.2, -0.15) is 0 Å². The lowest BCUT2D eigenvalue weighted by molar-refractivity contribution is 0.0693. The summed E-state index contributed by atoms with van der Waals surface area (Å²) in [5.41, 5.74) is 2.97. The molecule has 0 unspecified atom stereocenters. The molecule has 2 amide bonds. The predicted molar refractivity (Wildman–Crippen MR) is 65.8 cm³/mol. The predicted octanol–water partition coefficient (Wildman–Crippen LogP) is 0.991.